The van der Waals surface area contributed by atoms with Crippen LogP contribution >= 0.6 is 0 Å². The van der Waals surface area contributed by atoms with E-state index in [9.17, 15) is 4.79 Å². The zero-order valence-corrected chi connectivity index (χ0v) is 12.9. The minimum atomic E-state index is -0.940. The van der Waals surface area contributed by atoms with Crippen LogP contribution in [0.4, 0.5) is 0 Å². The van der Waals surface area contributed by atoms with E-state index in [0.29, 0.717) is 6.42 Å². The first kappa shape index (κ1) is 16.2. The molecular weight excluding hydrogens is 248 g/mol. The van der Waals surface area contributed by atoms with Gasteiger partial charge < -0.3 is 5.32 Å². The predicted molar refractivity (Wildman–Crippen MR) is 81.0 cm³/mol. The minimum absolute atomic E-state index is 0.180. The molecule has 0 saturated carbocycles. The van der Waals surface area contributed by atoms with Gasteiger partial charge in [0, 0.05) is 5.54 Å². The van der Waals surface area contributed by atoms with Crippen molar-refractivity contribution >= 4 is 5.91 Å². The van der Waals surface area contributed by atoms with Gasteiger partial charge in [0.05, 0.1) is 6.07 Å². The third kappa shape index (κ3) is 4.38. The van der Waals surface area contributed by atoms with Crippen molar-refractivity contribution in [3.63, 3.8) is 0 Å². The highest BCUT2D eigenvalue weighted by Gasteiger charge is 2.34. The molecule has 1 N–H and O–H groups in total. The fourth-order valence-corrected chi connectivity index (χ4v) is 1.90. The number of nitriles is 1. The third-order valence-electron chi connectivity index (χ3n) is 3.79. The molecule has 0 radical (unpaired) electrons. The van der Waals surface area contributed by atoms with Crippen molar-refractivity contribution in [1.29, 1.82) is 5.26 Å². The van der Waals surface area contributed by atoms with Gasteiger partial charge in [0.15, 0.2) is 0 Å². The highest BCUT2D eigenvalue weighted by atomic mass is 16.2. The van der Waals surface area contributed by atoms with E-state index in [1.54, 1.807) is 6.92 Å². The summed E-state index contributed by atoms with van der Waals surface area (Å²) in [5, 5.41) is 12.2. The normalized spacial score (nSPS) is 14.2. The molecule has 1 aromatic rings. The molecular formula is C17H24N2O. The second-order valence-electron chi connectivity index (χ2n) is 6.12. The minimum Gasteiger partial charge on any atom is -0.350 e. The molecule has 1 atom stereocenters. The van der Waals surface area contributed by atoms with Crippen molar-refractivity contribution in [3.05, 3.63) is 35.9 Å². The molecule has 0 aliphatic carbocycles. The lowest BCUT2D eigenvalue weighted by Gasteiger charge is -2.30. The zero-order chi connectivity index (χ0) is 15.2. The maximum absolute atomic E-state index is 12.2. The Labute approximate surface area is 122 Å². The number of carbonyl (C=O) groups excluding carboxylic acids is 1. The van der Waals surface area contributed by atoms with E-state index in [-0.39, 0.29) is 11.4 Å². The Hall–Kier alpha value is -1.82. The number of nitrogens with zero attached hydrogens (tertiary/aromatic N) is 1. The fourth-order valence-electron chi connectivity index (χ4n) is 1.90. The van der Waals surface area contributed by atoms with Crippen molar-refractivity contribution in [2.24, 2.45) is 5.41 Å². The quantitative estimate of drug-likeness (QED) is 0.862. The van der Waals surface area contributed by atoms with Gasteiger partial charge >= 0.3 is 0 Å². The van der Waals surface area contributed by atoms with Crippen molar-refractivity contribution in [2.75, 3.05) is 0 Å². The summed E-state index contributed by atoms with van der Waals surface area (Å²) >= 11 is 0. The van der Waals surface area contributed by atoms with Crippen LogP contribution in [0.3, 0.4) is 0 Å². The molecule has 0 spiro atoms. The molecule has 0 fully saturated rings. The van der Waals surface area contributed by atoms with E-state index in [1.165, 1.54) is 5.56 Å². The molecule has 0 saturated heterocycles. The van der Waals surface area contributed by atoms with E-state index in [1.807, 2.05) is 39.0 Å². The summed E-state index contributed by atoms with van der Waals surface area (Å²) in [7, 11) is 0. The maximum atomic E-state index is 12.2. The van der Waals surface area contributed by atoms with Crippen LogP contribution < -0.4 is 5.32 Å². The molecule has 0 aliphatic heterocycles. The maximum Gasteiger partial charge on any atom is 0.240 e. The molecule has 108 valence electrons. The lowest BCUT2D eigenvalue weighted by atomic mass is 9.86. The van der Waals surface area contributed by atoms with Gasteiger partial charge in [-0.05, 0) is 45.6 Å². The van der Waals surface area contributed by atoms with Crippen LogP contribution in [0.15, 0.2) is 30.3 Å². The van der Waals surface area contributed by atoms with Crippen molar-refractivity contribution in [1.82, 2.24) is 5.32 Å². The van der Waals surface area contributed by atoms with Gasteiger partial charge in [-0.3, -0.25) is 4.79 Å². The Morgan fingerprint density at radius 1 is 1.25 bits per heavy atom. The Bertz CT molecular complexity index is 487. The highest BCUT2D eigenvalue weighted by Crippen LogP contribution is 2.22. The zero-order valence-electron chi connectivity index (χ0n) is 12.9. The molecule has 1 amide bonds. The number of amides is 1. The van der Waals surface area contributed by atoms with Gasteiger partial charge in [-0.15, -0.1) is 0 Å². The Morgan fingerprint density at radius 2 is 1.85 bits per heavy atom. The van der Waals surface area contributed by atoms with Gasteiger partial charge in [0.1, 0.15) is 5.41 Å². The second kappa shape index (κ2) is 6.56. The first-order valence-electron chi connectivity index (χ1n) is 7.11. The molecule has 0 aromatic heterocycles. The number of carbonyl (C=O) groups is 1. The summed E-state index contributed by atoms with van der Waals surface area (Å²) in [6.45, 7) is 7.55. The lowest BCUT2D eigenvalue weighted by molar-refractivity contribution is -0.129. The molecule has 1 unspecified atom stereocenters. The topological polar surface area (TPSA) is 52.9 Å². The summed E-state index contributed by atoms with van der Waals surface area (Å²) in [4.78, 5) is 12.2. The number of hydrogen-bond donors (Lipinski definition) is 1. The van der Waals surface area contributed by atoms with Crippen LogP contribution in [0.1, 0.15) is 46.1 Å². The van der Waals surface area contributed by atoms with Gasteiger partial charge in [-0.1, -0.05) is 37.3 Å². The number of rotatable bonds is 6. The Morgan fingerprint density at radius 3 is 2.35 bits per heavy atom. The van der Waals surface area contributed by atoms with Gasteiger partial charge in [0.25, 0.3) is 0 Å². The van der Waals surface area contributed by atoms with Gasteiger partial charge in [-0.2, -0.15) is 5.26 Å². The number of benzene rings is 1. The summed E-state index contributed by atoms with van der Waals surface area (Å²) in [6.07, 6.45) is 2.27. The first-order valence-corrected chi connectivity index (χ1v) is 7.11. The molecule has 1 rings (SSSR count). The van der Waals surface area contributed by atoms with Crippen molar-refractivity contribution in [3.8, 4) is 6.07 Å². The average molecular weight is 272 g/mol. The third-order valence-corrected chi connectivity index (χ3v) is 3.79. The monoisotopic (exact) mass is 272 g/mol. The molecule has 0 bridgehead atoms. The predicted octanol–water partition coefficient (Wildman–Crippen LogP) is 3.45. The Kier molecular flexibility index (Phi) is 5.33. The van der Waals surface area contributed by atoms with Crippen molar-refractivity contribution in [2.45, 2.75) is 52.5 Å². The average Bonchev–Trinajstić information content (AvgIpc) is 2.45. The Balaban J connectivity index is 2.62. The summed E-state index contributed by atoms with van der Waals surface area (Å²) in [5.41, 5.74) is -0.00196. The van der Waals surface area contributed by atoms with Crippen LogP contribution in [0.25, 0.3) is 0 Å². The second-order valence-corrected chi connectivity index (χ2v) is 6.12. The van der Waals surface area contributed by atoms with Crippen LogP contribution in [0.5, 0.6) is 0 Å². The molecule has 0 heterocycles. The van der Waals surface area contributed by atoms with E-state index < -0.39 is 5.41 Å². The highest BCUT2D eigenvalue weighted by molar-refractivity contribution is 5.85. The number of nitrogens with one attached hydrogen (secondary N) is 1. The number of hydrogen-bond acceptors (Lipinski definition) is 2. The first-order chi connectivity index (χ1) is 9.33. The standard InChI is InChI=1S/C17H24N2O/c1-5-17(4,13-18)15(20)19-16(2,3)12-11-14-9-7-6-8-10-14/h6-10H,5,11-12H2,1-4H3,(H,19,20). The molecule has 3 heteroatoms. The fraction of sp³-hybridized carbons (Fsp3) is 0.529. The SMILES string of the molecule is CCC(C)(C#N)C(=O)NC(C)(C)CCc1ccccc1. The molecule has 20 heavy (non-hydrogen) atoms. The van der Waals surface area contributed by atoms with Crippen LogP contribution in [0, 0.1) is 16.7 Å². The van der Waals surface area contributed by atoms with E-state index in [2.05, 4.69) is 23.5 Å². The summed E-state index contributed by atoms with van der Waals surface area (Å²) in [5.74, 6) is -0.180. The van der Waals surface area contributed by atoms with Crippen LogP contribution in [-0.2, 0) is 11.2 Å². The van der Waals surface area contributed by atoms with E-state index in [4.69, 9.17) is 5.26 Å². The summed E-state index contributed by atoms with van der Waals surface area (Å²) in [6, 6.07) is 12.3. The van der Waals surface area contributed by atoms with E-state index >= 15 is 0 Å². The van der Waals surface area contributed by atoms with Gasteiger partial charge in [-0.25, -0.2) is 0 Å². The van der Waals surface area contributed by atoms with Crippen LogP contribution in [0.2, 0.25) is 0 Å². The smallest absolute Gasteiger partial charge is 0.240 e. The van der Waals surface area contributed by atoms with Crippen LogP contribution in [-0.4, -0.2) is 11.4 Å². The molecule has 0 aliphatic rings. The van der Waals surface area contributed by atoms with Crippen molar-refractivity contribution < 1.29 is 4.79 Å². The largest absolute Gasteiger partial charge is 0.350 e. The lowest BCUT2D eigenvalue weighted by Crippen LogP contribution is -2.49. The van der Waals surface area contributed by atoms with Gasteiger partial charge in [0.2, 0.25) is 5.91 Å². The number of aryl methyl sites for hydroxylation is 1. The molecule has 1 aromatic carbocycles. The molecule has 3 nitrogen and oxygen atoms in total. The van der Waals surface area contributed by atoms with E-state index in [0.717, 1.165) is 12.8 Å². The summed E-state index contributed by atoms with van der Waals surface area (Å²) < 4.78 is 0.